The van der Waals surface area contributed by atoms with Gasteiger partial charge in [0.2, 0.25) is 11.8 Å². The van der Waals surface area contributed by atoms with E-state index in [0.717, 1.165) is 91.1 Å². The fraction of sp³-hybridized carbons (Fsp3) is 0.962. The normalized spacial score (nSPS) is 11.5. The third kappa shape index (κ3) is 64.5. The minimum atomic E-state index is -1.19. The number of unbranched alkanes of at least 4 members (excludes halogenated alkanes) is 24. The van der Waals surface area contributed by atoms with Crippen molar-refractivity contribution in [1.82, 2.24) is 42.5 Å². The van der Waals surface area contributed by atoms with E-state index in [-0.39, 0.29) is 18.2 Å². The summed E-state index contributed by atoms with van der Waals surface area (Å²) in [5, 5.41) is 56.0. The van der Waals surface area contributed by atoms with Crippen LogP contribution in [0.3, 0.4) is 0 Å². The van der Waals surface area contributed by atoms with Gasteiger partial charge in [-0.05, 0) is 98.1 Å². The van der Waals surface area contributed by atoms with Crippen molar-refractivity contribution >= 4 is 11.8 Å². The standard InChI is InChI=1S/C27H61N7O.C25H51NO4.H2O2/c1-4-5-8-16-27(35)34-21-10-7-6-9-15-26(32-19-13-11-17-30-24-22-28-2)33-20-14-12-18-31-25-23-29-3;1-2-3-4-5-6-7-8-9-10-11-12-13-14-15-16-17-18-19-23-26-24(27)21-20-22-25(28)30-29;1-2/h26,28-33H,4-25H2,1-3H3,(H,34,35);25,28-29H,2-23H2,1H3,(H,26,27);1-2H/t;25-;/m.0./s1. The van der Waals surface area contributed by atoms with Gasteiger partial charge in [-0.2, -0.15) is 0 Å². The highest BCUT2D eigenvalue weighted by Crippen LogP contribution is 2.14. The molecule has 0 spiro atoms. The van der Waals surface area contributed by atoms with E-state index in [0.29, 0.717) is 25.4 Å². The second-order valence-corrected chi connectivity index (χ2v) is 18.4. The van der Waals surface area contributed by atoms with Crippen LogP contribution in [0.1, 0.15) is 232 Å². The number of carbonyl (C=O) groups is 2. The summed E-state index contributed by atoms with van der Waals surface area (Å²) in [6, 6.07) is 0. The molecule has 0 heterocycles. The van der Waals surface area contributed by atoms with Crippen LogP contribution in [0.25, 0.3) is 0 Å². The van der Waals surface area contributed by atoms with E-state index in [1.54, 1.807) is 0 Å². The number of nitrogens with one attached hydrogen (secondary N) is 8. The number of rotatable bonds is 53. The van der Waals surface area contributed by atoms with Gasteiger partial charge in [0.05, 0.1) is 6.17 Å². The first-order chi connectivity index (χ1) is 32.9. The molecule has 404 valence electrons. The topological polar surface area (TPSA) is 221 Å². The molecule has 12 N–H and O–H groups in total. The van der Waals surface area contributed by atoms with E-state index in [2.05, 4.69) is 61.3 Å². The Kier molecular flexibility index (Phi) is 67.2. The number of hydrogen-bond acceptors (Lipinski definition) is 13. The molecule has 0 aromatic heterocycles. The number of aliphatic hydroxyl groups excluding tert-OH is 1. The van der Waals surface area contributed by atoms with Crippen LogP contribution in [0.15, 0.2) is 0 Å². The Balaban J connectivity index is -0.00000119. The molecule has 0 saturated heterocycles. The second-order valence-electron chi connectivity index (χ2n) is 18.4. The van der Waals surface area contributed by atoms with Crippen molar-refractivity contribution in [3.8, 4) is 0 Å². The number of carbonyl (C=O) groups excluding carboxylic acids is 2. The zero-order valence-corrected chi connectivity index (χ0v) is 44.3. The van der Waals surface area contributed by atoms with Gasteiger partial charge in [0.1, 0.15) is 0 Å². The maximum atomic E-state index is 11.8. The minimum absolute atomic E-state index is 0.00659. The average Bonchev–Trinajstić information content (AvgIpc) is 3.34. The monoisotopic (exact) mass is 963 g/mol. The Hall–Kier alpha value is -1.50. The molecule has 1 atom stereocenters. The van der Waals surface area contributed by atoms with Crippen molar-refractivity contribution in [2.24, 2.45) is 0 Å². The molecule has 0 aliphatic heterocycles. The Bertz CT molecular complexity index is 912. The van der Waals surface area contributed by atoms with Crippen molar-refractivity contribution in [3.05, 3.63) is 0 Å². The lowest BCUT2D eigenvalue weighted by atomic mass is 10.0. The van der Waals surface area contributed by atoms with Crippen LogP contribution in [0.5, 0.6) is 0 Å². The molecule has 67 heavy (non-hydrogen) atoms. The van der Waals surface area contributed by atoms with Crippen LogP contribution < -0.4 is 42.5 Å². The largest absolute Gasteiger partial charge is 0.366 e. The van der Waals surface area contributed by atoms with Gasteiger partial charge >= 0.3 is 0 Å². The maximum Gasteiger partial charge on any atom is 0.219 e. The molecule has 0 radical (unpaired) electrons. The molecule has 0 rings (SSSR count). The van der Waals surface area contributed by atoms with E-state index in [1.807, 2.05) is 14.1 Å². The summed E-state index contributed by atoms with van der Waals surface area (Å²) in [5.74, 6) is 0.230. The lowest BCUT2D eigenvalue weighted by molar-refractivity contribution is -0.335. The van der Waals surface area contributed by atoms with E-state index >= 15 is 0 Å². The highest BCUT2D eigenvalue weighted by Gasteiger charge is 2.08. The summed E-state index contributed by atoms with van der Waals surface area (Å²) in [7, 11) is 3.99. The van der Waals surface area contributed by atoms with Crippen LogP contribution in [-0.4, -0.2) is 125 Å². The molecule has 0 aliphatic rings. The predicted octanol–water partition coefficient (Wildman–Crippen LogP) is 9.46. The van der Waals surface area contributed by atoms with Crippen molar-refractivity contribution < 1.29 is 35.4 Å². The molecule has 0 unspecified atom stereocenters. The summed E-state index contributed by atoms with van der Waals surface area (Å²) in [6.45, 7) is 14.5. The van der Waals surface area contributed by atoms with Crippen LogP contribution in [0.4, 0.5) is 0 Å². The Morgan fingerprint density at radius 1 is 0.403 bits per heavy atom. The van der Waals surface area contributed by atoms with E-state index in [1.165, 1.54) is 167 Å². The van der Waals surface area contributed by atoms with Gasteiger partial charge < -0.3 is 47.6 Å². The predicted molar refractivity (Wildman–Crippen MR) is 283 cm³/mol. The van der Waals surface area contributed by atoms with Gasteiger partial charge in [0.15, 0.2) is 6.29 Å². The summed E-state index contributed by atoms with van der Waals surface area (Å²) in [6.07, 6.45) is 39.7. The third-order valence-electron chi connectivity index (χ3n) is 12.0. The first-order valence-corrected chi connectivity index (χ1v) is 27.8. The number of hydrogen-bond donors (Lipinski definition) is 12. The fourth-order valence-electron chi connectivity index (χ4n) is 7.77. The van der Waals surface area contributed by atoms with Crippen LogP contribution in [0.2, 0.25) is 0 Å². The number of aliphatic hydroxyl groups is 1. The van der Waals surface area contributed by atoms with Crippen molar-refractivity contribution in [3.63, 3.8) is 0 Å². The Labute approximate surface area is 412 Å². The summed E-state index contributed by atoms with van der Waals surface area (Å²) in [4.78, 5) is 27.1. The van der Waals surface area contributed by atoms with Gasteiger partial charge in [0, 0.05) is 58.5 Å². The minimum Gasteiger partial charge on any atom is -0.366 e. The molecule has 15 heteroatoms. The first-order valence-electron chi connectivity index (χ1n) is 27.8. The second kappa shape index (κ2) is 64.5. The fourth-order valence-corrected chi connectivity index (χ4v) is 7.77. The lowest BCUT2D eigenvalue weighted by Gasteiger charge is -2.21. The molecule has 0 aromatic carbocycles. The number of amides is 2. The zero-order valence-electron chi connectivity index (χ0n) is 44.3. The van der Waals surface area contributed by atoms with Crippen molar-refractivity contribution in [2.75, 3.05) is 79.5 Å². The molecular weight excluding hydrogens is 849 g/mol. The molecule has 0 aliphatic carbocycles. The van der Waals surface area contributed by atoms with E-state index < -0.39 is 6.29 Å². The van der Waals surface area contributed by atoms with Crippen molar-refractivity contribution in [1.29, 1.82) is 0 Å². The molecule has 0 bridgehead atoms. The lowest BCUT2D eigenvalue weighted by Crippen LogP contribution is -2.43. The Morgan fingerprint density at radius 2 is 0.746 bits per heavy atom. The average molecular weight is 964 g/mol. The van der Waals surface area contributed by atoms with Crippen molar-refractivity contribution in [2.45, 2.75) is 245 Å². The number of likely N-dealkylation sites (N-methyl/N-ethyl adjacent to an activating group) is 2. The smallest absolute Gasteiger partial charge is 0.219 e. The zero-order chi connectivity index (χ0) is 49.8. The highest BCUT2D eigenvalue weighted by molar-refractivity contribution is 5.76. The van der Waals surface area contributed by atoms with Gasteiger partial charge in [0.25, 0.3) is 0 Å². The summed E-state index contributed by atoms with van der Waals surface area (Å²) in [5.41, 5.74) is 0. The molecule has 0 aromatic rings. The van der Waals surface area contributed by atoms with E-state index in [4.69, 9.17) is 20.9 Å². The van der Waals surface area contributed by atoms with Gasteiger partial charge in [-0.25, -0.2) is 10.1 Å². The molecule has 15 nitrogen and oxygen atoms in total. The van der Waals surface area contributed by atoms with Gasteiger partial charge in [-0.3, -0.25) is 20.1 Å². The van der Waals surface area contributed by atoms with Crippen LogP contribution >= 0.6 is 0 Å². The SMILES string of the molecule is CCCCCC(=O)NCCCCCCC(NCCCCNCCNC)NCCCCNCCNC.CCCCCCCCCCCCCCCCCCCCNC(=O)CCC[C@@H](O)OO.OO. The van der Waals surface area contributed by atoms with Gasteiger partial charge in [-0.15, -0.1) is 0 Å². The highest BCUT2D eigenvalue weighted by atomic mass is 17.1. The van der Waals surface area contributed by atoms with Gasteiger partial charge in [-0.1, -0.05) is 155 Å². The maximum absolute atomic E-state index is 11.8. The third-order valence-corrected chi connectivity index (χ3v) is 12.0. The quantitative estimate of drug-likeness (QED) is 0.0118. The summed E-state index contributed by atoms with van der Waals surface area (Å²) >= 11 is 0. The Morgan fingerprint density at radius 3 is 1.15 bits per heavy atom. The van der Waals surface area contributed by atoms with E-state index in [9.17, 15) is 9.59 Å². The van der Waals surface area contributed by atoms with Crippen LogP contribution in [-0.2, 0) is 14.5 Å². The molecule has 0 fully saturated rings. The van der Waals surface area contributed by atoms with Crippen LogP contribution in [0, 0.1) is 0 Å². The first kappa shape index (κ1) is 69.8. The summed E-state index contributed by atoms with van der Waals surface area (Å²) < 4.78 is 0. The molecule has 0 saturated carbocycles. The molecular formula is C52H114N8O7. The molecule has 2 amide bonds.